The molecular formula is C29H28F7NO3. The van der Waals surface area contributed by atoms with Crippen LogP contribution in [0.2, 0.25) is 0 Å². The van der Waals surface area contributed by atoms with Gasteiger partial charge in [0, 0.05) is 37.2 Å². The van der Waals surface area contributed by atoms with Crippen molar-refractivity contribution in [2.45, 2.75) is 62.8 Å². The van der Waals surface area contributed by atoms with Gasteiger partial charge in [0.05, 0.1) is 23.3 Å². The molecule has 1 saturated carbocycles. The summed E-state index contributed by atoms with van der Waals surface area (Å²) >= 11 is 0. The number of carbonyl (C=O) groups excluding carboxylic acids is 1. The Bertz CT molecular complexity index is 1260. The Morgan fingerprint density at radius 3 is 2.12 bits per heavy atom. The van der Waals surface area contributed by atoms with Crippen LogP contribution in [0.1, 0.15) is 60.5 Å². The van der Waals surface area contributed by atoms with E-state index in [1.165, 1.54) is 25.1 Å². The Kier molecular flexibility index (Phi) is 7.50. The Hall–Kier alpha value is -2.92. The highest BCUT2D eigenvalue weighted by atomic mass is 19.4. The molecule has 0 amide bonds. The van der Waals surface area contributed by atoms with Crippen LogP contribution in [0, 0.1) is 17.7 Å². The maximum absolute atomic E-state index is 13.8. The second kappa shape index (κ2) is 10.5. The highest BCUT2D eigenvalue weighted by Gasteiger charge is 2.47. The third kappa shape index (κ3) is 5.76. The predicted molar refractivity (Wildman–Crippen MR) is 130 cm³/mol. The Balaban J connectivity index is 1.44. The molecule has 216 valence electrons. The quantitative estimate of drug-likeness (QED) is 0.409. The molecule has 2 aliphatic carbocycles. The van der Waals surface area contributed by atoms with Crippen molar-refractivity contribution >= 4 is 5.78 Å². The third-order valence-electron chi connectivity index (χ3n) is 8.33. The summed E-state index contributed by atoms with van der Waals surface area (Å²) in [5.41, 5.74) is -1.55. The van der Waals surface area contributed by atoms with Gasteiger partial charge in [-0.2, -0.15) is 26.3 Å². The number of likely N-dealkylation sites (tertiary alicyclic amines) is 1. The number of halogens is 7. The number of alkyl halides is 6. The number of rotatable bonds is 5. The van der Waals surface area contributed by atoms with Gasteiger partial charge in [-0.25, -0.2) is 4.39 Å². The summed E-state index contributed by atoms with van der Waals surface area (Å²) in [5.74, 6) is -0.972. The average Bonchev–Trinajstić information content (AvgIpc) is 3.46. The van der Waals surface area contributed by atoms with E-state index in [2.05, 4.69) is 0 Å². The lowest BCUT2D eigenvalue weighted by molar-refractivity contribution is -0.143. The molecule has 0 radical (unpaired) electrons. The maximum atomic E-state index is 13.8. The van der Waals surface area contributed by atoms with E-state index in [9.17, 15) is 40.6 Å². The van der Waals surface area contributed by atoms with Gasteiger partial charge in [0.2, 0.25) is 0 Å². The molecule has 1 aliphatic heterocycles. The van der Waals surface area contributed by atoms with Crippen molar-refractivity contribution < 1.29 is 45.4 Å². The molecule has 0 aromatic heterocycles. The van der Waals surface area contributed by atoms with E-state index in [4.69, 9.17) is 4.74 Å². The van der Waals surface area contributed by atoms with E-state index >= 15 is 0 Å². The second-order valence-corrected chi connectivity index (χ2v) is 10.9. The highest BCUT2D eigenvalue weighted by molar-refractivity contribution is 5.96. The van der Waals surface area contributed by atoms with Crippen molar-refractivity contribution in [1.29, 1.82) is 0 Å². The van der Waals surface area contributed by atoms with Crippen molar-refractivity contribution in [1.82, 2.24) is 4.90 Å². The van der Waals surface area contributed by atoms with Crippen molar-refractivity contribution in [3.63, 3.8) is 0 Å². The van der Waals surface area contributed by atoms with Crippen LogP contribution in [0.3, 0.4) is 0 Å². The first-order valence-corrected chi connectivity index (χ1v) is 13.1. The van der Waals surface area contributed by atoms with Gasteiger partial charge in [-0.1, -0.05) is 12.1 Å². The van der Waals surface area contributed by atoms with Gasteiger partial charge in [0.15, 0.2) is 5.78 Å². The number of aliphatic hydroxyl groups is 1. The summed E-state index contributed by atoms with van der Waals surface area (Å²) < 4.78 is 101. The van der Waals surface area contributed by atoms with Crippen molar-refractivity contribution in [3.05, 3.63) is 82.3 Å². The molecule has 1 N–H and O–H groups in total. The van der Waals surface area contributed by atoms with Crippen LogP contribution in [0.5, 0.6) is 0 Å². The average molecular weight is 572 g/mol. The normalized spacial score (nSPS) is 28.0. The number of ketones is 1. The largest absolute Gasteiger partial charge is 0.416 e. The zero-order chi connectivity index (χ0) is 29.0. The predicted octanol–water partition coefficient (Wildman–Crippen LogP) is 6.65. The van der Waals surface area contributed by atoms with Crippen LogP contribution in [0.4, 0.5) is 30.7 Å². The molecule has 1 heterocycles. The fraction of sp³-hybridized carbons (Fsp3) is 0.483. The minimum absolute atomic E-state index is 0.0302. The molecule has 2 fully saturated rings. The number of hydrogen-bond donors (Lipinski definition) is 1. The fourth-order valence-corrected chi connectivity index (χ4v) is 6.37. The Morgan fingerprint density at radius 1 is 0.950 bits per heavy atom. The smallest absolute Gasteiger partial charge is 0.385 e. The first kappa shape index (κ1) is 28.6. The Labute approximate surface area is 226 Å². The van der Waals surface area contributed by atoms with Crippen LogP contribution in [0.25, 0.3) is 0 Å². The number of ether oxygens (including phenoxy) is 1. The first-order valence-electron chi connectivity index (χ1n) is 13.1. The van der Waals surface area contributed by atoms with E-state index in [0.29, 0.717) is 38.1 Å². The summed E-state index contributed by atoms with van der Waals surface area (Å²) in [7, 11) is 0. The molecule has 6 unspecified atom stereocenters. The van der Waals surface area contributed by atoms with Crippen LogP contribution in [0.15, 0.2) is 54.2 Å². The number of fused-ring (bicyclic) bond motifs is 1. The SMILES string of the molecule is CC(OC1CCC2CN(C3=CC(=O)C(O)C3)CC2C1c1ccc(F)cc1)c1cc(C(F)(F)F)cc(C(F)(F)F)c1. The number of hydrogen-bond acceptors (Lipinski definition) is 4. The van der Waals surface area contributed by atoms with Gasteiger partial charge in [0.25, 0.3) is 0 Å². The summed E-state index contributed by atoms with van der Waals surface area (Å²) in [6.07, 6.45) is -9.82. The molecule has 2 aromatic rings. The molecule has 1 saturated heterocycles. The number of aliphatic hydroxyl groups excluding tert-OH is 1. The first-order chi connectivity index (χ1) is 18.7. The van der Waals surface area contributed by atoms with Crippen LogP contribution < -0.4 is 0 Å². The third-order valence-corrected chi connectivity index (χ3v) is 8.33. The summed E-state index contributed by atoms with van der Waals surface area (Å²) in [4.78, 5) is 14.0. The highest BCUT2D eigenvalue weighted by Crippen LogP contribution is 2.49. The molecule has 6 atom stereocenters. The topological polar surface area (TPSA) is 49.8 Å². The lowest BCUT2D eigenvalue weighted by Gasteiger charge is -2.41. The summed E-state index contributed by atoms with van der Waals surface area (Å²) in [5, 5.41) is 9.91. The summed E-state index contributed by atoms with van der Waals surface area (Å²) in [6.45, 7) is 2.59. The number of nitrogens with zero attached hydrogens (tertiary/aromatic N) is 1. The van der Waals surface area contributed by atoms with E-state index in [1.54, 1.807) is 12.1 Å². The van der Waals surface area contributed by atoms with E-state index < -0.39 is 47.6 Å². The van der Waals surface area contributed by atoms with Gasteiger partial charge in [-0.05, 0) is 73.1 Å². The number of carbonyl (C=O) groups is 1. The van der Waals surface area contributed by atoms with Gasteiger partial charge < -0.3 is 14.7 Å². The van der Waals surface area contributed by atoms with Crippen molar-refractivity contribution in [2.24, 2.45) is 11.8 Å². The van der Waals surface area contributed by atoms with Gasteiger partial charge in [0.1, 0.15) is 11.9 Å². The van der Waals surface area contributed by atoms with E-state index in [-0.39, 0.29) is 41.6 Å². The lowest BCUT2D eigenvalue weighted by atomic mass is 9.69. The maximum Gasteiger partial charge on any atom is 0.416 e. The van der Waals surface area contributed by atoms with Gasteiger partial charge in [-0.15, -0.1) is 0 Å². The zero-order valence-electron chi connectivity index (χ0n) is 21.5. The molecule has 3 aliphatic rings. The molecule has 0 bridgehead atoms. The minimum atomic E-state index is -4.97. The number of benzene rings is 2. The van der Waals surface area contributed by atoms with Crippen molar-refractivity contribution in [2.75, 3.05) is 13.1 Å². The molecule has 2 aromatic carbocycles. The molecule has 0 spiro atoms. The standard InChI is InChI=1S/C29H28F7NO3/c1-15(18-8-19(28(31,32)33)10-20(9-18)29(34,35)36)40-26-7-4-17-13-37(22-11-24(38)25(39)12-22)14-23(17)27(26)16-2-5-21(30)6-3-16/h2-3,5-6,8-11,15,17,23,25-27,39H,4,7,12-14H2,1H3. The molecular weight excluding hydrogens is 543 g/mol. The van der Waals surface area contributed by atoms with Crippen LogP contribution >= 0.6 is 0 Å². The zero-order valence-corrected chi connectivity index (χ0v) is 21.5. The summed E-state index contributed by atoms with van der Waals surface area (Å²) in [6, 6.07) is 7.33. The molecule has 40 heavy (non-hydrogen) atoms. The van der Waals surface area contributed by atoms with E-state index in [1.807, 2.05) is 4.90 Å². The van der Waals surface area contributed by atoms with Gasteiger partial charge >= 0.3 is 12.4 Å². The van der Waals surface area contributed by atoms with E-state index in [0.717, 1.165) is 11.3 Å². The molecule has 11 heteroatoms. The van der Waals surface area contributed by atoms with Crippen LogP contribution in [-0.4, -0.2) is 41.1 Å². The Morgan fingerprint density at radius 2 is 1.57 bits per heavy atom. The van der Waals surface area contributed by atoms with Crippen LogP contribution in [-0.2, 0) is 21.9 Å². The fourth-order valence-electron chi connectivity index (χ4n) is 6.37. The second-order valence-electron chi connectivity index (χ2n) is 10.9. The lowest BCUT2D eigenvalue weighted by Crippen LogP contribution is -2.38. The molecule has 4 nitrogen and oxygen atoms in total. The minimum Gasteiger partial charge on any atom is -0.385 e. The van der Waals surface area contributed by atoms with Crippen molar-refractivity contribution in [3.8, 4) is 0 Å². The monoisotopic (exact) mass is 571 g/mol. The van der Waals surface area contributed by atoms with Gasteiger partial charge in [-0.3, -0.25) is 4.79 Å². The molecule has 5 rings (SSSR count).